The van der Waals surface area contributed by atoms with Gasteiger partial charge in [-0.15, -0.1) is 0 Å². The third kappa shape index (κ3) is 5.48. The van der Waals surface area contributed by atoms with Crippen molar-refractivity contribution in [3.05, 3.63) is 59.4 Å². The summed E-state index contributed by atoms with van der Waals surface area (Å²) in [6.07, 6.45) is 4.38. The third-order valence-electron chi connectivity index (χ3n) is 4.23. The summed E-state index contributed by atoms with van der Waals surface area (Å²) in [6, 6.07) is 12.2. The van der Waals surface area contributed by atoms with Gasteiger partial charge in [-0.3, -0.25) is 9.98 Å². The van der Waals surface area contributed by atoms with Crippen LogP contribution in [0.15, 0.2) is 47.6 Å². The molecule has 1 heterocycles. The molecule has 1 aliphatic carbocycles. The SMILES string of the molecule is CN=C(NCc1ccccn1)NCc1ccc(C)cc1OCC1CC1. The third-order valence-corrected chi connectivity index (χ3v) is 4.23. The van der Waals surface area contributed by atoms with Gasteiger partial charge in [0.2, 0.25) is 0 Å². The maximum Gasteiger partial charge on any atom is 0.191 e. The predicted octanol–water partition coefficient (Wildman–Crippen LogP) is 3.04. The molecule has 25 heavy (non-hydrogen) atoms. The fraction of sp³-hybridized carbons (Fsp3) is 0.400. The summed E-state index contributed by atoms with van der Waals surface area (Å²) in [7, 11) is 1.77. The Morgan fingerprint density at radius 2 is 2.04 bits per heavy atom. The molecule has 0 amide bonds. The lowest BCUT2D eigenvalue weighted by molar-refractivity contribution is 0.296. The van der Waals surface area contributed by atoms with Crippen LogP contribution in [0.25, 0.3) is 0 Å². The Bertz CT molecular complexity index is 711. The molecular formula is C20H26N4O. The molecule has 2 aromatic rings. The van der Waals surface area contributed by atoms with E-state index < -0.39 is 0 Å². The molecule has 0 saturated heterocycles. The molecular weight excluding hydrogens is 312 g/mol. The van der Waals surface area contributed by atoms with Crippen molar-refractivity contribution < 1.29 is 4.74 Å². The number of aryl methyl sites for hydroxylation is 1. The highest BCUT2D eigenvalue weighted by atomic mass is 16.5. The molecule has 1 aliphatic rings. The number of guanidine groups is 1. The first-order chi connectivity index (χ1) is 12.2. The second-order valence-electron chi connectivity index (χ2n) is 6.47. The summed E-state index contributed by atoms with van der Waals surface area (Å²) in [5, 5.41) is 6.63. The van der Waals surface area contributed by atoms with Crippen LogP contribution in [0.5, 0.6) is 5.75 Å². The zero-order valence-corrected chi connectivity index (χ0v) is 15.0. The van der Waals surface area contributed by atoms with Gasteiger partial charge >= 0.3 is 0 Å². The standard InChI is InChI=1S/C20H26N4O/c1-15-6-9-17(19(11-15)25-14-16-7-8-16)12-23-20(21-2)24-13-18-5-3-4-10-22-18/h3-6,9-11,16H,7-8,12-14H2,1-2H3,(H2,21,23,24). The topological polar surface area (TPSA) is 58.5 Å². The highest BCUT2D eigenvalue weighted by Crippen LogP contribution is 2.30. The maximum atomic E-state index is 6.03. The number of ether oxygens (including phenoxy) is 1. The van der Waals surface area contributed by atoms with E-state index in [4.69, 9.17) is 4.74 Å². The second-order valence-corrected chi connectivity index (χ2v) is 6.47. The largest absolute Gasteiger partial charge is 0.493 e. The minimum Gasteiger partial charge on any atom is -0.493 e. The first kappa shape index (κ1) is 17.3. The molecule has 1 aromatic heterocycles. The van der Waals surface area contributed by atoms with Gasteiger partial charge in [0.15, 0.2) is 5.96 Å². The molecule has 2 N–H and O–H groups in total. The van der Waals surface area contributed by atoms with Crippen molar-refractivity contribution in [2.24, 2.45) is 10.9 Å². The van der Waals surface area contributed by atoms with Gasteiger partial charge in [-0.1, -0.05) is 18.2 Å². The minimum atomic E-state index is 0.638. The molecule has 1 fully saturated rings. The van der Waals surface area contributed by atoms with E-state index in [0.717, 1.165) is 35.5 Å². The second kappa shape index (κ2) is 8.51. The van der Waals surface area contributed by atoms with Crippen LogP contribution < -0.4 is 15.4 Å². The van der Waals surface area contributed by atoms with E-state index in [2.05, 4.69) is 45.7 Å². The van der Waals surface area contributed by atoms with Crippen molar-refractivity contribution in [3.8, 4) is 5.75 Å². The van der Waals surface area contributed by atoms with Crippen LogP contribution in [0.1, 0.15) is 29.7 Å². The average Bonchev–Trinajstić information content (AvgIpc) is 3.46. The molecule has 5 nitrogen and oxygen atoms in total. The van der Waals surface area contributed by atoms with Crippen LogP contribution in [0, 0.1) is 12.8 Å². The zero-order chi connectivity index (χ0) is 17.5. The molecule has 0 bridgehead atoms. The quantitative estimate of drug-likeness (QED) is 0.602. The van der Waals surface area contributed by atoms with Crippen molar-refractivity contribution in [1.82, 2.24) is 15.6 Å². The van der Waals surface area contributed by atoms with Gasteiger partial charge in [0.05, 0.1) is 18.8 Å². The van der Waals surface area contributed by atoms with Crippen molar-refractivity contribution >= 4 is 5.96 Å². The Morgan fingerprint density at radius 3 is 2.76 bits per heavy atom. The number of nitrogens with zero attached hydrogens (tertiary/aromatic N) is 2. The van der Waals surface area contributed by atoms with Crippen LogP contribution in [-0.2, 0) is 13.1 Å². The highest BCUT2D eigenvalue weighted by Gasteiger charge is 2.22. The summed E-state index contributed by atoms with van der Waals surface area (Å²) >= 11 is 0. The Balaban J connectivity index is 1.55. The lowest BCUT2D eigenvalue weighted by atomic mass is 10.1. The van der Waals surface area contributed by atoms with Gasteiger partial charge in [0.1, 0.15) is 5.75 Å². The minimum absolute atomic E-state index is 0.638. The van der Waals surface area contributed by atoms with Gasteiger partial charge in [-0.05, 0) is 49.4 Å². The predicted molar refractivity (Wildman–Crippen MR) is 101 cm³/mol. The lowest BCUT2D eigenvalue weighted by Crippen LogP contribution is -2.36. The number of nitrogens with one attached hydrogen (secondary N) is 2. The normalized spacial score (nSPS) is 14.2. The average molecular weight is 338 g/mol. The summed E-state index contributed by atoms with van der Waals surface area (Å²) in [6.45, 7) is 4.22. The first-order valence-electron chi connectivity index (χ1n) is 8.81. The number of aliphatic imine (C=N–C) groups is 1. The summed E-state index contributed by atoms with van der Waals surface area (Å²) in [5.74, 6) is 2.47. The molecule has 1 aromatic carbocycles. The van der Waals surface area contributed by atoms with E-state index >= 15 is 0 Å². The molecule has 0 aliphatic heterocycles. The fourth-order valence-corrected chi connectivity index (χ4v) is 2.51. The Labute approximate surface area is 149 Å². The molecule has 0 unspecified atom stereocenters. The van der Waals surface area contributed by atoms with E-state index in [9.17, 15) is 0 Å². The Morgan fingerprint density at radius 1 is 1.20 bits per heavy atom. The fourth-order valence-electron chi connectivity index (χ4n) is 2.51. The molecule has 5 heteroatoms. The number of pyridine rings is 1. The van der Waals surface area contributed by atoms with E-state index in [1.165, 1.54) is 18.4 Å². The Kier molecular flexibility index (Phi) is 5.88. The number of rotatable bonds is 7. The van der Waals surface area contributed by atoms with Crippen molar-refractivity contribution in [2.45, 2.75) is 32.9 Å². The van der Waals surface area contributed by atoms with Crippen LogP contribution >= 0.6 is 0 Å². The smallest absolute Gasteiger partial charge is 0.191 e. The summed E-state index contributed by atoms with van der Waals surface area (Å²) in [5.41, 5.74) is 3.34. The van der Waals surface area contributed by atoms with Gasteiger partial charge in [-0.2, -0.15) is 0 Å². The van der Waals surface area contributed by atoms with Crippen molar-refractivity contribution in [2.75, 3.05) is 13.7 Å². The number of hydrogen-bond acceptors (Lipinski definition) is 3. The molecule has 0 radical (unpaired) electrons. The van der Waals surface area contributed by atoms with Gasteiger partial charge in [-0.25, -0.2) is 0 Å². The Hall–Kier alpha value is -2.56. The van der Waals surface area contributed by atoms with Crippen LogP contribution in [0.4, 0.5) is 0 Å². The van der Waals surface area contributed by atoms with Crippen molar-refractivity contribution in [1.29, 1.82) is 0 Å². The monoisotopic (exact) mass is 338 g/mol. The van der Waals surface area contributed by atoms with Crippen LogP contribution in [0.2, 0.25) is 0 Å². The molecule has 132 valence electrons. The van der Waals surface area contributed by atoms with Crippen molar-refractivity contribution in [3.63, 3.8) is 0 Å². The first-order valence-corrected chi connectivity index (χ1v) is 8.81. The highest BCUT2D eigenvalue weighted by molar-refractivity contribution is 5.79. The van der Waals surface area contributed by atoms with E-state index in [1.54, 1.807) is 13.2 Å². The van der Waals surface area contributed by atoms with E-state index in [0.29, 0.717) is 13.1 Å². The summed E-state index contributed by atoms with van der Waals surface area (Å²) in [4.78, 5) is 8.58. The lowest BCUT2D eigenvalue weighted by Gasteiger charge is -2.15. The van der Waals surface area contributed by atoms with Crippen LogP contribution in [-0.4, -0.2) is 24.6 Å². The van der Waals surface area contributed by atoms with Gasteiger partial charge in [0, 0.05) is 25.4 Å². The summed E-state index contributed by atoms with van der Waals surface area (Å²) < 4.78 is 6.03. The van der Waals surface area contributed by atoms with Gasteiger partial charge < -0.3 is 15.4 Å². The van der Waals surface area contributed by atoms with E-state index in [1.807, 2.05) is 18.2 Å². The molecule has 3 rings (SSSR count). The molecule has 0 spiro atoms. The number of hydrogen-bond donors (Lipinski definition) is 2. The molecule has 0 atom stereocenters. The van der Waals surface area contributed by atoms with E-state index in [-0.39, 0.29) is 0 Å². The maximum absolute atomic E-state index is 6.03. The number of benzene rings is 1. The zero-order valence-electron chi connectivity index (χ0n) is 15.0. The van der Waals surface area contributed by atoms with Gasteiger partial charge in [0.25, 0.3) is 0 Å². The van der Waals surface area contributed by atoms with Crippen LogP contribution in [0.3, 0.4) is 0 Å². The molecule has 1 saturated carbocycles. The number of aromatic nitrogens is 1.